The maximum atomic E-state index is 12.7. The predicted molar refractivity (Wildman–Crippen MR) is 109 cm³/mol. The Morgan fingerprint density at radius 3 is 2.72 bits per heavy atom. The van der Waals surface area contributed by atoms with Gasteiger partial charge in [0.25, 0.3) is 11.6 Å². The van der Waals surface area contributed by atoms with Gasteiger partial charge in [0.05, 0.1) is 4.92 Å². The van der Waals surface area contributed by atoms with Crippen molar-refractivity contribution in [3.05, 3.63) is 52.1 Å². The molecule has 4 rings (SSSR count). The third-order valence-corrected chi connectivity index (χ3v) is 5.23. The summed E-state index contributed by atoms with van der Waals surface area (Å²) in [5.41, 5.74) is 1.29. The molecule has 8 nitrogen and oxygen atoms in total. The standard InChI is InChI=1S/C21H23N3O5/c1-14-3-2-8-23(13-14)17-6-4-15(11-18(17)24(26)27)21(25)22-16-5-7-19-20(12-16)29-10-9-28-19/h4-7,11-12,14H,2-3,8-10,13H2,1H3,(H,22,25)/t14-/m0/s1. The van der Waals surface area contributed by atoms with Gasteiger partial charge in [-0.3, -0.25) is 14.9 Å². The molecule has 0 aromatic heterocycles. The number of piperidine rings is 1. The van der Waals surface area contributed by atoms with Crippen LogP contribution in [-0.4, -0.2) is 37.1 Å². The van der Waals surface area contributed by atoms with Crippen LogP contribution in [0.2, 0.25) is 0 Å². The van der Waals surface area contributed by atoms with Gasteiger partial charge in [0.2, 0.25) is 0 Å². The Labute approximate surface area is 168 Å². The summed E-state index contributed by atoms with van der Waals surface area (Å²) in [6, 6.07) is 9.78. The van der Waals surface area contributed by atoms with Gasteiger partial charge in [-0.25, -0.2) is 0 Å². The molecule has 1 saturated heterocycles. The van der Waals surface area contributed by atoms with E-state index in [0.29, 0.717) is 42.0 Å². The molecule has 1 atom stereocenters. The predicted octanol–water partition coefficient (Wildman–Crippen LogP) is 3.85. The van der Waals surface area contributed by atoms with Crippen molar-refractivity contribution in [2.45, 2.75) is 19.8 Å². The first-order chi connectivity index (χ1) is 14.0. The summed E-state index contributed by atoms with van der Waals surface area (Å²) in [6.07, 6.45) is 2.13. The highest BCUT2D eigenvalue weighted by molar-refractivity contribution is 6.05. The summed E-state index contributed by atoms with van der Waals surface area (Å²) >= 11 is 0. The van der Waals surface area contributed by atoms with Crippen molar-refractivity contribution in [2.24, 2.45) is 5.92 Å². The van der Waals surface area contributed by atoms with Crippen LogP contribution in [0.1, 0.15) is 30.1 Å². The molecule has 1 amide bonds. The molecule has 0 unspecified atom stereocenters. The summed E-state index contributed by atoms with van der Waals surface area (Å²) in [5, 5.41) is 14.4. The number of nitrogens with zero attached hydrogens (tertiary/aromatic N) is 2. The Balaban J connectivity index is 1.55. The molecule has 0 aliphatic carbocycles. The number of nitro benzene ring substituents is 1. The largest absolute Gasteiger partial charge is 0.486 e. The van der Waals surface area contributed by atoms with Crippen molar-refractivity contribution >= 4 is 23.0 Å². The van der Waals surface area contributed by atoms with Crippen LogP contribution in [0.25, 0.3) is 0 Å². The highest BCUT2D eigenvalue weighted by Gasteiger charge is 2.25. The average Bonchev–Trinajstić information content (AvgIpc) is 2.73. The van der Waals surface area contributed by atoms with Gasteiger partial charge in [-0.05, 0) is 43.0 Å². The molecule has 8 heteroatoms. The number of rotatable bonds is 4. The number of amides is 1. The van der Waals surface area contributed by atoms with Crippen molar-refractivity contribution in [3.8, 4) is 11.5 Å². The minimum absolute atomic E-state index is 0.0473. The zero-order valence-electron chi connectivity index (χ0n) is 16.2. The first kappa shape index (κ1) is 19.0. The molecule has 29 heavy (non-hydrogen) atoms. The van der Waals surface area contributed by atoms with Gasteiger partial charge in [-0.2, -0.15) is 0 Å². The minimum atomic E-state index is -0.421. The van der Waals surface area contributed by atoms with Crippen molar-refractivity contribution in [2.75, 3.05) is 36.5 Å². The second-order valence-electron chi connectivity index (χ2n) is 7.47. The molecule has 0 saturated carbocycles. The number of carbonyl (C=O) groups excluding carboxylic acids is 1. The molecule has 152 valence electrons. The van der Waals surface area contributed by atoms with Gasteiger partial charge in [0.1, 0.15) is 18.9 Å². The number of hydrogen-bond acceptors (Lipinski definition) is 6. The van der Waals surface area contributed by atoms with Crippen molar-refractivity contribution in [1.82, 2.24) is 0 Å². The van der Waals surface area contributed by atoms with E-state index in [0.717, 1.165) is 25.9 Å². The van der Waals surface area contributed by atoms with Crippen molar-refractivity contribution in [3.63, 3.8) is 0 Å². The van der Waals surface area contributed by atoms with E-state index in [-0.39, 0.29) is 11.3 Å². The van der Waals surface area contributed by atoms with E-state index in [1.54, 1.807) is 30.3 Å². The SMILES string of the molecule is C[C@H]1CCCN(c2ccc(C(=O)Nc3ccc4c(c3)OCCO4)cc2[N+](=O)[O-])C1. The van der Waals surface area contributed by atoms with Crippen LogP contribution in [0.4, 0.5) is 17.1 Å². The Morgan fingerprint density at radius 2 is 1.97 bits per heavy atom. The summed E-state index contributed by atoms with van der Waals surface area (Å²) in [5.74, 6) is 1.27. The molecule has 2 heterocycles. The first-order valence-electron chi connectivity index (χ1n) is 9.75. The molecule has 0 bridgehead atoms. The van der Waals surface area contributed by atoms with Crippen LogP contribution >= 0.6 is 0 Å². The number of ether oxygens (including phenoxy) is 2. The fraction of sp³-hybridized carbons (Fsp3) is 0.381. The average molecular weight is 397 g/mol. The molecule has 0 radical (unpaired) electrons. The molecular weight excluding hydrogens is 374 g/mol. The van der Waals surface area contributed by atoms with Crippen LogP contribution in [0.5, 0.6) is 11.5 Å². The summed E-state index contributed by atoms with van der Waals surface area (Å²) in [6.45, 7) is 4.66. The number of carbonyl (C=O) groups is 1. The van der Waals surface area contributed by atoms with Crippen molar-refractivity contribution < 1.29 is 19.2 Å². The monoisotopic (exact) mass is 397 g/mol. The van der Waals surface area contributed by atoms with Gasteiger partial charge < -0.3 is 19.7 Å². The molecule has 1 fully saturated rings. The fourth-order valence-electron chi connectivity index (χ4n) is 3.81. The summed E-state index contributed by atoms with van der Waals surface area (Å²) < 4.78 is 11.0. The highest BCUT2D eigenvalue weighted by atomic mass is 16.6. The van der Waals surface area contributed by atoms with E-state index >= 15 is 0 Å². The molecule has 2 aromatic rings. The lowest BCUT2D eigenvalue weighted by Gasteiger charge is -2.32. The van der Waals surface area contributed by atoms with Gasteiger partial charge in [0, 0.05) is 36.5 Å². The molecular formula is C21H23N3O5. The van der Waals surface area contributed by atoms with E-state index in [1.807, 2.05) is 4.90 Å². The molecule has 2 aromatic carbocycles. The number of fused-ring (bicyclic) bond motifs is 1. The Morgan fingerprint density at radius 1 is 1.17 bits per heavy atom. The van der Waals surface area contributed by atoms with Gasteiger partial charge >= 0.3 is 0 Å². The Kier molecular flexibility index (Phi) is 5.24. The molecule has 1 N–H and O–H groups in total. The summed E-state index contributed by atoms with van der Waals surface area (Å²) in [4.78, 5) is 25.9. The second-order valence-corrected chi connectivity index (χ2v) is 7.47. The zero-order chi connectivity index (χ0) is 20.4. The molecule has 2 aliphatic heterocycles. The smallest absolute Gasteiger partial charge is 0.293 e. The number of hydrogen-bond donors (Lipinski definition) is 1. The summed E-state index contributed by atoms with van der Waals surface area (Å²) in [7, 11) is 0. The van der Waals surface area contributed by atoms with E-state index in [2.05, 4.69) is 12.2 Å². The number of anilines is 2. The topological polar surface area (TPSA) is 93.9 Å². The third kappa shape index (κ3) is 4.11. The Bertz CT molecular complexity index is 946. The van der Waals surface area contributed by atoms with Gasteiger partial charge in [-0.15, -0.1) is 0 Å². The lowest BCUT2D eigenvalue weighted by Crippen LogP contribution is -2.34. The lowest BCUT2D eigenvalue weighted by molar-refractivity contribution is -0.384. The Hall–Kier alpha value is -3.29. The first-order valence-corrected chi connectivity index (χ1v) is 9.75. The number of benzene rings is 2. The minimum Gasteiger partial charge on any atom is -0.486 e. The van der Waals surface area contributed by atoms with Gasteiger partial charge in [-0.1, -0.05) is 6.92 Å². The zero-order valence-corrected chi connectivity index (χ0v) is 16.2. The third-order valence-electron chi connectivity index (χ3n) is 5.23. The van der Waals surface area contributed by atoms with Crippen molar-refractivity contribution in [1.29, 1.82) is 0 Å². The fourth-order valence-corrected chi connectivity index (χ4v) is 3.81. The maximum Gasteiger partial charge on any atom is 0.293 e. The molecule has 0 spiro atoms. The highest BCUT2D eigenvalue weighted by Crippen LogP contribution is 2.34. The lowest BCUT2D eigenvalue weighted by atomic mass is 9.99. The van der Waals surface area contributed by atoms with Crippen LogP contribution < -0.4 is 19.7 Å². The van der Waals surface area contributed by atoms with E-state index < -0.39 is 10.8 Å². The van der Waals surface area contributed by atoms with Crippen LogP contribution in [-0.2, 0) is 0 Å². The quantitative estimate of drug-likeness (QED) is 0.622. The van der Waals surface area contributed by atoms with E-state index in [4.69, 9.17) is 9.47 Å². The van der Waals surface area contributed by atoms with Gasteiger partial charge in [0.15, 0.2) is 11.5 Å². The normalized spacial score (nSPS) is 18.2. The number of nitrogens with one attached hydrogen (secondary N) is 1. The van der Waals surface area contributed by atoms with Crippen LogP contribution in [0.3, 0.4) is 0 Å². The van der Waals surface area contributed by atoms with E-state index in [1.165, 1.54) is 6.07 Å². The van der Waals surface area contributed by atoms with Crippen LogP contribution in [0.15, 0.2) is 36.4 Å². The second kappa shape index (κ2) is 7.98. The number of nitro groups is 1. The maximum absolute atomic E-state index is 12.7. The van der Waals surface area contributed by atoms with E-state index in [9.17, 15) is 14.9 Å². The molecule has 2 aliphatic rings. The van der Waals surface area contributed by atoms with Crippen LogP contribution in [0, 0.1) is 16.0 Å².